The normalized spacial score (nSPS) is 18.8. The average Bonchev–Trinajstić information content (AvgIpc) is 2.91. The van der Waals surface area contributed by atoms with E-state index in [4.69, 9.17) is 11.6 Å². The topological polar surface area (TPSA) is 40.9 Å². The molecule has 0 N–H and O–H groups in total. The first kappa shape index (κ1) is 14.1. The van der Waals surface area contributed by atoms with Gasteiger partial charge in [0.05, 0.1) is 6.07 Å². The van der Waals surface area contributed by atoms with Crippen LogP contribution >= 0.6 is 11.6 Å². The summed E-state index contributed by atoms with van der Waals surface area (Å²) in [5.41, 5.74) is 0.483. The van der Waals surface area contributed by atoms with E-state index in [1.807, 2.05) is 0 Å². The molecule has 0 aliphatic heterocycles. The van der Waals surface area contributed by atoms with Crippen molar-refractivity contribution in [3.63, 3.8) is 0 Å². The van der Waals surface area contributed by atoms with E-state index in [-0.39, 0.29) is 11.2 Å². The van der Waals surface area contributed by atoms with Crippen molar-refractivity contribution in [1.29, 1.82) is 5.26 Å². The highest BCUT2D eigenvalue weighted by Crippen LogP contribution is 2.45. The van der Waals surface area contributed by atoms with Gasteiger partial charge in [0.15, 0.2) is 5.78 Å². The number of nitrogens with zero attached hydrogens (tertiary/aromatic N) is 1. The van der Waals surface area contributed by atoms with Gasteiger partial charge in [-0.05, 0) is 37.0 Å². The van der Waals surface area contributed by atoms with Gasteiger partial charge in [-0.15, -0.1) is 0 Å². The van der Waals surface area contributed by atoms with Gasteiger partial charge in [-0.1, -0.05) is 43.5 Å². The largest absolute Gasteiger partial charge is 0.297 e. The predicted molar refractivity (Wildman–Crippen MR) is 76.0 cm³/mol. The molecule has 0 saturated heterocycles. The van der Waals surface area contributed by atoms with E-state index in [9.17, 15) is 10.1 Å². The van der Waals surface area contributed by atoms with E-state index in [0.29, 0.717) is 5.02 Å². The van der Waals surface area contributed by atoms with Crippen LogP contribution in [0.5, 0.6) is 0 Å². The zero-order valence-corrected chi connectivity index (χ0v) is 11.9. The fraction of sp³-hybridized carbons (Fsp3) is 0.500. The summed E-state index contributed by atoms with van der Waals surface area (Å²) < 4.78 is 0. The summed E-state index contributed by atoms with van der Waals surface area (Å²) in [6.45, 7) is 2.06. The van der Waals surface area contributed by atoms with Gasteiger partial charge in [0, 0.05) is 10.4 Å². The van der Waals surface area contributed by atoms with Gasteiger partial charge >= 0.3 is 0 Å². The minimum absolute atomic E-state index is 0.0947. The highest BCUT2D eigenvalue weighted by Gasteiger charge is 2.42. The van der Waals surface area contributed by atoms with Crippen molar-refractivity contribution in [1.82, 2.24) is 0 Å². The smallest absolute Gasteiger partial charge is 0.160 e. The molecule has 1 aromatic rings. The second-order valence-corrected chi connectivity index (χ2v) is 5.76. The van der Waals surface area contributed by atoms with Crippen LogP contribution in [-0.2, 0) is 4.79 Å². The Morgan fingerprint density at radius 1 is 1.37 bits per heavy atom. The number of hydrogen-bond donors (Lipinski definition) is 0. The summed E-state index contributed by atoms with van der Waals surface area (Å²) in [5, 5.41) is 10.0. The van der Waals surface area contributed by atoms with E-state index < -0.39 is 5.92 Å². The predicted octanol–water partition coefficient (Wildman–Crippen LogP) is 4.49. The van der Waals surface area contributed by atoms with Crippen LogP contribution in [0.2, 0.25) is 5.02 Å². The number of carbonyl (C=O) groups excluding carboxylic acids is 1. The third-order valence-corrected chi connectivity index (χ3v) is 4.61. The molecule has 0 radical (unpaired) electrons. The molecule has 0 aromatic heterocycles. The highest BCUT2D eigenvalue weighted by molar-refractivity contribution is 6.30. The van der Waals surface area contributed by atoms with E-state index in [2.05, 4.69) is 13.0 Å². The Morgan fingerprint density at radius 2 is 1.95 bits per heavy atom. The first-order valence-corrected chi connectivity index (χ1v) is 7.20. The Balaban J connectivity index is 2.29. The molecule has 1 saturated carbocycles. The van der Waals surface area contributed by atoms with Crippen LogP contribution < -0.4 is 0 Å². The van der Waals surface area contributed by atoms with Crippen molar-refractivity contribution in [3.05, 3.63) is 34.9 Å². The summed E-state index contributed by atoms with van der Waals surface area (Å²) in [5.74, 6) is -0.562. The lowest BCUT2D eigenvalue weighted by atomic mass is 9.73. The van der Waals surface area contributed by atoms with Crippen molar-refractivity contribution in [2.45, 2.75) is 44.9 Å². The fourth-order valence-electron chi connectivity index (χ4n) is 3.07. The third kappa shape index (κ3) is 2.67. The summed E-state index contributed by atoms with van der Waals surface area (Å²) in [7, 11) is 0. The maximum absolute atomic E-state index is 12.8. The number of nitriles is 1. The number of carbonyl (C=O) groups is 1. The molecule has 1 atom stereocenters. The molecule has 1 aromatic carbocycles. The first-order chi connectivity index (χ1) is 9.13. The zero-order valence-electron chi connectivity index (χ0n) is 11.2. The van der Waals surface area contributed by atoms with Crippen molar-refractivity contribution in [2.75, 3.05) is 0 Å². The van der Waals surface area contributed by atoms with Gasteiger partial charge in [0.1, 0.15) is 5.92 Å². The van der Waals surface area contributed by atoms with Gasteiger partial charge in [-0.3, -0.25) is 4.79 Å². The van der Waals surface area contributed by atoms with Crippen LogP contribution in [-0.4, -0.2) is 5.78 Å². The van der Waals surface area contributed by atoms with Crippen LogP contribution in [0.25, 0.3) is 0 Å². The number of halogens is 1. The summed E-state index contributed by atoms with van der Waals surface area (Å²) in [4.78, 5) is 12.8. The molecule has 19 heavy (non-hydrogen) atoms. The average molecular weight is 276 g/mol. The fourth-order valence-corrected chi connectivity index (χ4v) is 3.20. The van der Waals surface area contributed by atoms with Crippen LogP contribution in [0, 0.1) is 16.7 Å². The van der Waals surface area contributed by atoms with E-state index in [1.54, 1.807) is 24.3 Å². The van der Waals surface area contributed by atoms with Gasteiger partial charge in [0.25, 0.3) is 0 Å². The van der Waals surface area contributed by atoms with Gasteiger partial charge < -0.3 is 0 Å². The van der Waals surface area contributed by atoms with Crippen LogP contribution in [0.1, 0.15) is 50.5 Å². The molecule has 3 heteroatoms. The summed E-state index contributed by atoms with van der Waals surface area (Å²) in [6, 6.07) is 9.23. The third-order valence-electron chi connectivity index (χ3n) is 4.35. The Morgan fingerprint density at radius 3 is 2.42 bits per heavy atom. The number of Topliss-reactive ketones (excluding diaryl/α,β-unsaturated/α-hetero) is 1. The maximum atomic E-state index is 12.8. The SMILES string of the molecule is CCC1(C(=O)C(C#N)c2ccc(Cl)cc2)CCCC1. The van der Waals surface area contributed by atoms with Crippen molar-refractivity contribution in [3.8, 4) is 6.07 Å². The molecule has 2 rings (SSSR count). The second-order valence-electron chi connectivity index (χ2n) is 5.32. The van der Waals surface area contributed by atoms with E-state index in [1.165, 1.54) is 0 Å². The molecule has 0 spiro atoms. The quantitative estimate of drug-likeness (QED) is 0.812. The highest BCUT2D eigenvalue weighted by atomic mass is 35.5. The molecule has 1 aliphatic carbocycles. The molecule has 1 unspecified atom stereocenters. The molecular weight excluding hydrogens is 258 g/mol. The first-order valence-electron chi connectivity index (χ1n) is 6.82. The Hall–Kier alpha value is -1.33. The van der Waals surface area contributed by atoms with Gasteiger partial charge in [-0.2, -0.15) is 5.26 Å². The Kier molecular flexibility index (Phi) is 4.27. The number of rotatable bonds is 4. The Bertz CT molecular complexity index is 494. The standard InChI is InChI=1S/C16H18ClNO/c1-2-16(9-3-4-10-16)15(19)14(11-18)12-5-7-13(17)8-6-12/h5-8,14H,2-4,9-10H2,1H3. The van der Waals surface area contributed by atoms with Gasteiger partial charge in [0.2, 0.25) is 0 Å². The molecule has 1 aliphatic rings. The summed E-state index contributed by atoms with van der Waals surface area (Å²) in [6.07, 6.45) is 4.87. The lowest BCUT2D eigenvalue weighted by molar-refractivity contribution is -0.129. The Labute approximate surface area is 119 Å². The van der Waals surface area contributed by atoms with Crippen molar-refractivity contribution < 1.29 is 4.79 Å². The molecule has 0 heterocycles. The molecule has 2 nitrogen and oxygen atoms in total. The van der Waals surface area contributed by atoms with Crippen LogP contribution in [0.15, 0.2) is 24.3 Å². The lowest BCUT2D eigenvalue weighted by Gasteiger charge is -2.28. The second kappa shape index (κ2) is 5.75. The molecule has 100 valence electrons. The van der Waals surface area contributed by atoms with E-state index >= 15 is 0 Å². The van der Waals surface area contributed by atoms with Crippen molar-refractivity contribution >= 4 is 17.4 Å². The zero-order chi connectivity index (χ0) is 13.9. The maximum Gasteiger partial charge on any atom is 0.160 e. The number of hydrogen-bond acceptors (Lipinski definition) is 2. The van der Waals surface area contributed by atoms with Gasteiger partial charge in [-0.25, -0.2) is 0 Å². The lowest BCUT2D eigenvalue weighted by Crippen LogP contribution is -2.31. The number of benzene rings is 1. The molecule has 0 bridgehead atoms. The molecule has 1 fully saturated rings. The minimum atomic E-state index is -0.657. The van der Waals surface area contributed by atoms with Crippen molar-refractivity contribution in [2.24, 2.45) is 5.41 Å². The summed E-state index contributed by atoms with van der Waals surface area (Å²) >= 11 is 5.85. The van der Waals surface area contributed by atoms with Crippen LogP contribution in [0.4, 0.5) is 0 Å². The number of ketones is 1. The minimum Gasteiger partial charge on any atom is -0.297 e. The van der Waals surface area contributed by atoms with E-state index in [0.717, 1.165) is 37.7 Å². The van der Waals surface area contributed by atoms with Crippen LogP contribution in [0.3, 0.4) is 0 Å². The molecular formula is C16H18ClNO. The molecule has 0 amide bonds. The monoisotopic (exact) mass is 275 g/mol.